The SMILES string of the molecule is CN=C(NCCc1nc(C)c(C)s1)NCc1ccc(C)cc1C. The zero-order valence-electron chi connectivity index (χ0n) is 14.7. The molecule has 2 aromatic rings. The highest BCUT2D eigenvalue weighted by atomic mass is 32.1. The maximum absolute atomic E-state index is 4.56. The van der Waals surface area contributed by atoms with Crippen LogP contribution in [0, 0.1) is 27.7 Å². The quantitative estimate of drug-likeness (QED) is 0.653. The lowest BCUT2D eigenvalue weighted by atomic mass is 10.1. The smallest absolute Gasteiger partial charge is 0.191 e. The van der Waals surface area contributed by atoms with Crippen molar-refractivity contribution in [2.24, 2.45) is 4.99 Å². The van der Waals surface area contributed by atoms with Crippen molar-refractivity contribution in [3.8, 4) is 0 Å². The van der Waals surface area contributed by atoms with Gasteiger partial charge in [0.25, 0.3) is 0 Å². The van der Waals surface area contributed by atoms with E-state index >= 15 is 0 Å². The van der Waals surface area contributed by atoms with Crippen molar-refractivity contribution in [3.05, 3.63) is 50.5 Å². The summed E-state index contributed by atoms with van der Waals surface area (Å²) in [6.07, 6.45) is 0.920. The average Bonchev–Trinajstić information content (AvgIpc) is 2.82. The first-order valence-corrected chi connectivity index (χ1v) is 8.75. The molecule has 0 amide bonds. The average molecular weight is 331 g/mol. The highest BCUT2D eigenvalue weighted by Gasteiger charge is 2.05. The van der Waals surface area contributed by atoms with Crippen LogP contribution in [0.3, 0.4) is 0 Å². The number of aliphatic imine (C=N–C) groups is 1. The summed E-state index contributed by atoms with van der Waals surface area (Å²) < 4.78 is 0. The van der Waals surface area contributed by atoms with E-state index in [0.29, 0.717) is 0 Å². The van der Waals surface area contributed by atoms with E-state index in [4.69, 9.17) is 0 Å². The van der Waals surface area contributed by atoms with Gasteiger partial charge >= 0.3 is 0 Å². The molecule has 0 atom stereocenters. The summed E-state index contributed by atoms with van der Waals surface area (Å²) in [5.74, 6) is 0.829. The lowest BCUT2D eigenvalue weighted by Gasteiger charge is -2.13. The Morgan fingerprint density at radius 1 is 1.17 bits per heavy atom. The molecule has 0 aliphatic rings. The molecule has 1 aromatic carbocycles. The maximum atomic E-state index is 4.56. The van der Waals surface area contributed by atoms with Gasteiger partial charge in [0.15, 0.2) is 5.96 Å². The van der Waals surface area contributed by atoms with E-state index in [1.807, 2.05) is 0 Å². The van der Waals surface area contributed by atoms with E-state index in [2.05, 4.69) is 66.5 Å². The normalized spacial score (nSPS) is 11.6. The number of aryl methyl sites for hydroxylation is 4. The second-order valence-electron chi connectivity index (χ2n) is 5.78. The van der Waals surface area contributed by atoms with Gasteiger partial charge in [-0.05, 0) is 38.8 Å². The lowest BCUT2D eigenvalue weighted by Crippen LogP contribution is -2.38. The molecular weight excluding hydrogens is 304 g/mol. The number of rotatable bonds is 5. The van der Waals surface area contributed by atoms with Crippen molar-refractivity contribution in [2.75, 3.05) is 13.6 Å². The van der Waals surface area contributed by atoms with Gasteiger partial charge in [-0.25, -0.2) is 4.98 Å². The van der Waals surface area contributed by atoms with Gasteiger partial charge in [0, 0.05) is 31.4 Å². The first kappa shape index (κ1) is 17.5. The molecule has 0 spiro atoms. The summed E-state index contributed by atoms with van der Waals surface area (Å²) in [5, 5.41) is 7.90. The van der Waals surface area contributed by atoms with Gasteiger partial charge in [0.2, 0.25) is 0 Å². The number of nitrogens with zero attached hydrogens (tertiary/aromatic N) is 2. The van der Waals surface area contributed by atoms with Crippen LogP contribution in [0.25, 0.3) is 0 Å². The summed E-state index contributed by atoms with van der Waals surface area (Å²) in [7, 11) is 1.80. The molecular formula is C18H26N4S. The first-order valence-electron chi connectivity index (χ1n) is 7.93. The molecule has 2 N–H and O–H groups in total. The van der Waals surface area contributed by atoms with E-state index in [1.165, 1.54) is 26.6 Å². The summed E-state index contributed by atoms with van der Waals surface area (Å²) >= 11 is 1.78. The van der Waals surface area contributed by atoms with Crippen molar-refractivity contribution in [1.29, 1.82) is 0 Å². The van der Waals surface area contributed by atoms with E-state index in [-0.39, 0.29) is 0 Å². The monoisotopic (exact) mass is 330 g/mol. The van der Waals surface area contributed by atoms with Gasteiger partial charge in [-0.15, -0.1) is 11.3 Å². The zero-order chi connectivity index (χ0) is 16.8. The zero-order valence-corrected chi connectivity index (χ0v) is 15.5. The number of thiazole rings is 1. The minimum Gasteiger partial charge on any atom is -0.356 e. The van der Waals surface area contributed by atoms with Crippen LogP contribution in [0.2, 0.25) is 0 Å². The van der Waals surface area contributed by atoms with Gasteiger partial charge in [0.05, 0.1) is 10.7 Å². The van der Waals surface area contributed by atoms with Crippen LogP contribution < -0.4 is 10.6 Å². The molecule has 23 heavy (non-hydrogen) atoms. The molecule has 5 heteroatoms. The highest BCUT2D eigenvalue weighted by Crippen LogP contribution is 2.16. The van der Waals surface area contributed by atoms with Crippen LogP contribution >= 0.6 is 11.3 Å². The van der Waals surface area contributed by atoms with Crippen LogP contribution in [0.5, 0.6) is 0 Å². The fraction of sp³-hybridized carbons (Fsp3) is 0.444. The molecule has 0 unspecified atom stereocenters. The summed E-state index contributed by atoms with van der Waals surface area (Å²) in [6.45, 7) is 10.1. The van der Waals surface area contributed by atoms with Gasteiger partial charge in [-0.2, -0.15) is 0 Å². The third kappa shape index (κ3) is 5.06. The molecule has 1 heterocycles. The van der Waals surface area contributed by atoms with E-state index in [0.717, 1.165) is 31.2 Å². The number of hydrogen-bond acceptors (Lipinski definition) is 3. The van der Waals surface area contributed by atoms with Crippen molar-refractivity contribution >= 4 is 17.3 Å². The Hall–Kier alpha value is -1.88. The second-order valence-corrected chi connectivity index (χ2v) is 7.07. The Morgan fingerprint density at radius 2 is 1.96 bits per heavy atom. The van der Waals surface area contributed by atoms with Gasteiger partial charge in [-0.3, -0.25) is 4.99 Å². The topological polar surface area (TPSA) is 49.3 Å². The summed E-state index contributed by atoms with van der Waals surface area (Å²) in [5.41, 5.74) is 5.04. The molecule has 2 rings (SSSR count). The molecule has 0 saturated heterocycles. The number of aromatic nitrogens is 1. The highest BCUT2D eigenvalue weighted by molar-refractivity contribution is 7.11. The minimum absolute atomic E-state index is 0.779. The molecule has 1 aromatic heterocycles. The Labute approximate surface area is 143 Å². The Morgan fingerprint density at radius 3 is 2.57 bits per heavy atom. The van der Waals surface area contributed by atoms with E-state index in [1.54, 1.807) is 18.4 Å². The van der Waals surface area contributed by atoms with E-state index in [9.17, 15) is 0 Å². The fourth-order valence-corrected chi connectivity index (χ4v) is 3.31. The number of hydrogen-bond donors (Lipinski definition) is 2. The van der Waals surface area contributed by atoms with Crippen molar-refractivity contribution in [3.63, 3.8) is 0 Å². The standard InChI is InChI=1S/C18H26N4S/c1-12-6-7-16(13(2)10-12)11-21-18(19-5)20-9-8-17-22-14(3)15(4)23-17/h6-7,10H,8-9,11H2,1-5H3,(H2,19,20,21). The molecule has 0 bridgehead atoms. The van der Waals surface area contributed by atoms with Crippen molar-refractivity contribution in [2.45, 2.75) is 40.7 Å². The van der Waals surface area contributed by atoms with Crippen LogP contribution in [0.1, 0.15) is 32.3 Å². The lowest BCUT2D eigenvalue weighted by molar-refractivity contribution is 0.789. The molecule has 0 aliphatic heterocycles. The number of guanidine groups is 1. The van der Waals surface area contributed by atoms with Crippen LogP contribution in [0.15, 0.2) is 23.2 Å². The predicted octanol–water partition coefficient (Wildman–Crippen LogP) is 3.28. The van der Waals surface area contributed by atoms with Gasteiger partial charge < -0.3 is 10.6 Å². The molecule has 0 saturated carbocycles. The van der Waals surface area contributed by atoms with Crippen LogP contribution in [-0.4, -0.2) is 24.5 Å². The molecule has 0 radical (unpaired) electrons. The van der Waals surface area contributed by atoms with Crippen molar-refractivity contribution < 1.29 is 0 Å². The Balaban J connectivity index is 1.81. The largest absolute Gasteiger partial charge is 0.356 e. The number of nitrogens with one attached hydrogen (secondary N) is 2. The molecule has 4 nitrogen and oxygen atoms in total. The first-order chi connectivity index (χ1) is 11.0. The van der Waals surface area contributed by atoms with Gasteiger partial charge in [0.1, 0.15) is 0 Å². The van der Waals surface area contributed by atoms with Crippen molar-refractivity contribution in [1.82, 2.24) is 15.6 Å². The Kier molecular flexibility index (Phi) is 6.16. The third-order valence-corrected chi connectivity index (χ3v) is 5.00. The second kappa shape index (κ2) is 8.11. The molecule has 0 fully saturated rings. The number of benzene rings is 1. The Bertz CT molecular complexity index is 669. The molecule has 124 valence electrons. The minimum atomic E-state index is 0.779. The summed E-state index contributed by atoms with van der Waals surface area (Å²) in [4.78, 5) is 10.1. The predicted molar refractivity (Wildman–Crippen MR) is 99.4 cm³/mol. The summed E-state index contributed by atoms with van der Waals surface area (Å²) in [6, 6.07) is 6.53. The molecule has 0 aliphatic carbocycles. The van der Waals surface area contributed by atoms with Crippen LogP contribution in [0.4, 0.5) is 0 Å². The van der Waals surface area contributed by atoms with Crippen LogP contribution in [-0.2, 0) is 13.0 Å². The maximum Gasteiger partial charge on any atom is 0.191 e. The third-order valence-electron chi connectivity index (χ3n) is 3.87. The van der Waals surface area contributed by atoms with E-state index < -0.39 is 0 Å². The fourth-order valence-electron chi connectivity index (χ4n) is 2.38. The van der Waals surface area contributed by atoms with Gasteiger partial charge in [-0.1, -0.05) is 23.8 Å².